The molecule has 5 heteroatoms. The zero-order valence-electron chi connectivity index (χ0n) is 7.71. The summed E-state index contributed by atoms with van der Waals surface area (Å²) in [4.78, 5) is 4.93. The van der Waals surface area contributed by atoms with Crippen LogP contribution in [-0.4, -0.2) is 17.7 Å². The van der Waals surface area contributed by atoms with Crippen molar-refractivity contribution in [2.75, 3.05) is 5.88 Å². The van der Waals surface area contributed by atoms with Crippen molar-refractivity contribution in [2.24, 2.45) is 5.16 Å². The van der Waals surface area contributed by atoms with Gasteiger partial charge in [-0.1, -0.05) is 5.16 Å². The van der Waals surface area contributed by atoms with Crippen LogP contribution in [0.3, 0.4) is 0 Å². The molecule has 15 heavy (non-hydrogen) atoms. The van der Waals surface area contributed by atoms with E-state index in [9.17, 15) is 8.78 Å². The van der Waals surface area contributed by atoms with E-state index >= 15 is 0 Å². The van der Waals surface area contributed by atoms with E-state index in [1.54, 1.807) is 0 Å². The van der Waals surface area contributed by atoms with E-state index in [2.05, 4.69) is 5.16 Å². The van der Waals surface area contributed by atoms with Gasteiger partial charge in [0, 0.05) is 12.0 Å². The first-order valence-electron chi connectivity index (χ1n) is 4.45. The molecule has 80 valence electrons. The van der Waals surface area contributed by atoms with Gasteiger partial charge in [-0.2, -0.15) is 0 Å². The summed E-state index contributed by atoms with van der Waals surface area (Å²) in [6.45, 7) is 0. The molecule has 0 bridgehead atoms. The largest absolute Gasteiger partial charge is 0.391 e. The van der Waals surface area contributed by atoms with Gasteiger partial charge in [0.1, 0.15) is 17.7 Å². The van der Waals surface area contributed by atoms with Gasteiger partial charge in [-0.3, -0.25) is 0 Å². The molecule has 1 unspecified atom stereocenters. The molecule has 1 aromatic carbocycles. The topological polar surface area (TPSA) is 21.6 Å². The van der Waals surface area contributed by atoms with E-state index in [0.29, 0.717) is 12.1 Å². The van der Waals surface area contributed by atoms with Crippen LogP contribution in [0.1, 0.15) is 12.0 Å². The molecule has 0 N–H and O–H groups in total. The Kier molecular flexibility index (Phi) is 2.86. The smallest absolute Gasteiger partial charge is 0.146 e. The van der Waals surface area contributed by atoms with Crippen LogP contribution in [0.2, 0.25) is 0 Å². The van der Waals surface area contributed by atoms with Crippen molar-refractivity contribution >= 4 is 17.3 Å². The molecule has 0 aromatic heterocycles. The highest BCUT2D eigenvalue weighted by molar-refractivity contribution is 6.18. The molecule has 0 aliphatic carbocycles. The van der Waals surface area contributed by atoms with Crippen LogP contribution in [0.4, 0.5) is 8.78 Å². The quantitative estimate of drug-likeness (QED) is 0.717. The van der Waals surface area contributed by atoms with Crippen LogP contribution in [0.5, 0.6) is 0 Å². The van der Waals surface area contributed by atoms with Gasteiger partial charge in [-0.25, -0.2) is 8.78 Å². The molecule has 1 aromatic rings. The molecule has 1 atom stereocenters. The van der Waals surface area contributed by atoms with E-state index in [1.165, 1.54) is 0 Å². The highest BCUT2D eigenvalue weighted by atomic mass is 35.5. The lowest BCUT2D eigenvalue weighted by atomic mass is 10.1. The monoisotopic (exact) mass is 231 g/mol. The summed E-state index contributed by atoms with van der Waals surface area (Å²) in [5, 5.41) is 3.69. The van der Waals surface area contributed by atoms with Gasteiger partial charge in [-0.05, 0) is 18.2 Å². The van der Waals surface area contributed by atoms with Crippen molar-refractivity contribution in [2.45, 2.75) is 12.5 Å². The van der Waals surface area contributed by atoms with Crippen LogP contribution < -0.4 is 0 Å². The Hall–Kier alpha value is -1.16. The van der Waals surface area contributed by atoms with Crippen molar-refractivity contribution < 1.29 is 13.6 Å². The van der Waals surface area contributed by atoms with Crippen molar-refractivity contribution in [3.63, 3.8) is 0 Å². The van der Waals surface area contributed by atoms with Crippen LogP contribution >= 0.6 is 11.6 Å². The molecule has 1 heterocycles. The van der Waals surface area contributed by atoms with E-state index in [-0.39, 0.29) is 17.5 Å². The highest BCUT2D eigenvalue weighted by Gasteiger charge is 2.23. The van der Waals surface area contributed by atoms with Gasteiger partial charge in [0.15, 0.2) is 0 Å². The minimum absolute atomic E-state index is 0.141. The predicted octanol–water partition coefficient (Wildman–Crippen LogP) is 2.70. The minimum Gasteiger partial charge on any atom is -0.391 e. The summed E-state index contributed by atoms with van der Waals surface area (Å²) in [6, 6.07) is 3.24. The lowest BCUT2D eigenvalue weighted by Crippen LogP contribution is -2.10. The molecule has 1 aliphatic rings. The summed E-state index contributed by atoms with van der Waals surface area (Å²) in [5.41, 5.74) is 0.542. The second-order valence-electron chi connectivity index (χ2n) is 3.25. The van der Waals surface area contributed by atoms with Crippen molar-refractivity contribution in [3.8, 4) is 0 Å². The predicted molar refractivity (Wildman–Crippen MR) is 53.1 cm³/mol. The number of oxime groups is 1. The lowest BCUT2D eigenvalue weighted by molar-refractivity contribution is 0.102. The first-order chi connectivity index (χ1) is 7.20. The summed E-state index contributed by atoms with van der Waals surface area (Å²) >= 11 is 5.57. The lowest BCUT2D eigenvalue weighted by Gasteiger charge is -2.02. The Balaban J connectivity index is 2.27. The zero-order valence-corrected chi connectivity index (χ0v) is 8.47. The number of rotatable bonds is 2. The average molecular weight is 232 g/mol. The third-order valence-electron chi connectivity index (χ3n) is 2.14. The van der Waals surface area contributed by atoms with Crippen molar-refractivity contribution in [1.29, 1.82) is 0 Å². The zero-order chi connectivity index (χ0) is 10.8. The molecule has 0 fully saturated rings. The molecular formula is C10H8ClF2NO. The number of benzene rings is 1. The maximum atomic E-state index is 13.3. The fourth-order valence-electron chi connectivity index (χ4n) is 1.39. The molecule has 0 saturated heterocycles. The summed E-state index contributed by atoms with van der Waals surface area (Å²) < 4.78 is 26.2. The molecule has 2 rings (SSSR count). The van der Waals surface area contributed by atoms with E-state index in [0.717, 1.165) is 18.2 Å². The molecule has 2 nitrogen and oxygen atoms in total. The Bertz CT molecular complexity index is 408. The number of alkyl halides is 1. The third-order valence-corrected chi connectivity index (χ3v) is 2.49. The van der Waals surface area contributed by atoms with E-state index in [1.807, 2.05) is 0 Å². The molecular weight excluding hydrogens is 224 g/mol. The summed E-state index contributed by atoms with van der Waals surface area (Å²) in [7, 11) is 0. The van der Waals surface area contributed by atoms with Crippen LogP contribution in [0.25, 0.3) is 0 Å². The van der Waals surface area contributed by atoms with Gasteiger partial charge in [0.05, 0.1) is 11.6 Å². The molecule has 0 radical (unpaired) electrons. The van der Waals surface area contributed by atoms with Gasteiger partial charge in [-0.15, -0.1) is 11.6 Å². The second-order valence-corrected chi connectivity index (χ2v) is 3.56. The number of nitrogens with zero attached hydrogens (tertiary/aromatic N) is 1. The van der Waals surface area contributed by atoms with E-state index in [4.69, 9.17) is 16.4 Å². The Morgan fingerprint density at radius 1 is 1.47 bits per heavy atom. The average Bonchev–Trinajstić information content (AvgIpc) is 2.70. The number of halogens is 3. The maximum absolute atomic E-state index is 13.3. The number of hydrogen-bond donors (Lipinski definition) is 0. The SMILES string of the molecule is Fc1ccc(F)c(C2=NOC(CCl)C2)c1. The third kappa shape index (κ3) is 2.09. The fourth-order valence-corrected chi connectivity index (χ4v) is 1.55. The second kappa shape index (κ2) is 4.14. The minimum atomic E-state index is -0.506. The number of hydrogen-bond acceptors (Lipinski definition) is 2. The molecule has 0 spiro atoms. The first kappa shape index (κ1) is 10.4. The Morgan fingerprint density at radius 3 is 2.93 bits per heavy atom. The summed E-state index contributed by atoms with van der Waals surface area (Å²) in [6.07, 6.45) is 0.161. The van der Waals surface area contributed by atoms with Gasteiger partial charge < -0.3 is 4.84 Å². The standard InChI is InChI=1S/C10H8ClF2NO/c11-5-7-4-10(14-15-7)8-3-6(12)1-2-9(8)13/h1-3,7H,4-5H2. The molecule has 0 amide bonds. The highest BCUT2D eigenvalue weighted by Crippen LogP contribution is 2.20. The van der Waals surface area contributed by atoms with Gasteiger partial charge in [0.2, 0.25) is 0 Å². The first-order valence-corrected chi connectivity index (χ1v) is 4.98. The van der Waals surface area contributed by atoms with Crippen LogP contribution in [0, 0.1) is 11.6 Å². The van der Waals surface area contributed by atoms with Crippen LogP contribution in [0.15, 0.2) is 23.4 Å². The fraction of sp³-hybridized carbons (Fsp3) is 0.300. The van der Waals surface area contributed by atoms with Gasteiger partial charge >= 0.3 is 0 Å². The molecule has 0 saturated carbocycles. The van der Waals surface area contributed by atoms with Crippen LogP contribution in [-0.2, 0) is 4.84 Å². The Labute approximate surface area is 90.5 Å². The van der Waals surface area contributed by atoms with Crippen molar-refractivity contribution in [1.82, 2.24) is 0 Å². The Morgan fingerprint density at radius 2 is 2.27 bits per heavy atom. The molecule has 1 aliphatic heterocycles. The van der Waals surface area contributed by atoms with E-state index < -0.39 is 11.6 Å². The van der Waals surface area contributed by atoms with Gasteiger partial charge in [0.25, 0.3) is 0 Å². The normalized spacial score (nSPS) is 19.9. The summed E-state index contributed by atoms with van der Waals surface area (Å²) in [5.74, 6) is -0.721. The van der Waals surface area contributed by atoms with Crippen molar-refractivity contribution in [3.05, 3.63) is 35.4 Å². The maximum Gasteiger partial charge on any atom is 0.146 e.